The summed E-state index contributed by atoms with van der Waals surface area (Å²) in [6.45, 7) is 3.01. The standard InChI is InChI=1S/C18H28ClNO/c1-2-3-4-5-6-7-8-9-10-15-20-18(21)16-11-13-17(19)14-12-16/h11-14H,2-10,15H2,1H3,(H,20,21). The molecule has 2 nitrogen and oxygen atoms in total. The van der Waals surface area contributed by atoms with E-state index in [2.05, 4.69) is 12.2 Å². The molecule has 3 heteroatoms. The van der Waals surface area contributed by atoms with E-state index in [4.69, 9.17) is 11.6 Å². The molecule has 0 unspecified atom stereocenters. The predicted molar refractivity (Wildman–Crippen MR) is 91.0 cm³/mol. The van der Waals surface area contributed by atoms with Gasteiger partial charge in [0.05, 0.1) is 0 Å². The quantitative estimate of drug-likeness (QED) is 0.530. The van der Waals surface area contributed by atoms with Crippen LogP contribution in [0.25, 0.3) is 0 Å². The van der Waals surface area contributed by atoms with Crippen LogP contribution in [0.1, 0.15) is 75.1 Å². The molecule has 1 N–H and O–H groups in total. The van der Waals surface area contributed by atoms with E-state index < -0.39 is 0 Å². The predicted octanol–water partition coefficient (Wildman–Crippen LogP) is 5.60. The Balaban J connectivity index is 1.96. The molecule has 0 saturated carbocycles. The molecule has 0 heterocycles. The van der Waals surface area contributed by atoms with Gasteiger partial charge in [-0.1, -0.05) is 69.9 Å². The fourth-order valence-electron chi connectivity index (χ4n) is 2.34. The maximum atomic E-state index is 11.8. The summed E-state index contributed by atoms with van der Waals surface area (Å²) in [7, 11) is 0. The first-order chi connectivity index (χ1) is 10.2. The summed E-state index contributed by atoms with van der Waals surface area (Å²) in [6.07, 6.45) is 11.7. The molecule has 1 aromatic rings. The summed E-state index contributed by atoms with van der Waals surface area (Å²) < 4.78 is 0. The number of halogens is 1. The number of benzene rings is 1. The van der Waals surface area contributed by atoms with Gasteiger partial charge < -0.3 is 5.32 Å². The Morgan fingerprint density at radius 2 is 1.43 bits per heavy atom. The van der Waals surface area contributed by atoms with Gasteiger partial charge in [-0.05, 0) is 30.7 Å². The monoisotopic (exact) mass is 309 g/mol. The van der Waals surface area contributed by atoms with Crippen LogP contribution in [0, 0.1) is 0 Å². The first kappa shape index (κ1) is 18.0. The van der Waals surface area contributed by atoms with Crippen molar-refractivity contribution in [1.82, 2.24) is 5.32 Å². The lowest BCUT2D eigenvalue weighted by Gasteiger charge is -2.05. The maximum absolute atomic E-state index is 11.8. The lowest BCUT2D eigenvalue weighted by molar-refractivity contribution is 0.0953. The molecule has 1 amide bonds. The Kier molecular flexibility index (Phi) is 9.98. The van der Waals surface area contributed by atoms with E-state index in [-0.39, 0.29) is 5.91 Å². The Labute approximate surface area is 134 Å². The molecule has 0 aliphatic heterocycles. The van der Waals surface area contributed by atoms with Crippen LogP contribution in [0.4, 0.5) is 0 Å². The SMILES string of the molecule is CCCCCCCCCCCNC(=O)c1ccc(Cl)cc1. The first-order valence-electron chi connectivity index (χ1n) is 8.28. The average Bonchev–Trinajstić information content (AvgIpc) is 2.49. The van der Waals surface area contributed by atoms with Crippen molar-refractivity contribution in [3.05, 3.63) is 34.9 Å². The minimum absolute atomic E-state index is 0.00812. The minimum Gasteiger partial charge on any atom is -0.352 e. The van der Waals surface area contributed by atoms with Crippen molar-refractivity contribution in [2.75, 3.05) is 6.54 Å². The molecule has 21 heavy (non-hydrogen) atoms. The topological polar surface area (TPSA) is 29.1 Å². The zero-order valence-corrected chi connectivity index (χ0v) is 13.9. The van der Waals surface area contributed by atoms with Gasteiger partial charge in [0.25, 0.3) is 5.91 Å². The fourth-order valence-corrected chi connectivity index (χ4v) is 2.47. The first-order valence-corrected chi connectivity index (χ1v) is 8.65. The lowest BCUT2D eigenvalue weighted by atomic mass is 10.1. The van der Waals surface area contributed by atoms with Crippen LogP contribution >= 0.6 is 11.6 Å². The Morgan fingerprint density at radius 1 is 0.905 bits per heavy atom. The molecule has 0 atom stereocenters. The molecular formula is C18H28ClNO. The summed E-state index contributed by atoms with van der Waals surface area (Å²) in [5.41, 5.74) is 0.676. The zero-order valence-electron chi connectivity index (χ0n) is 13.2. The number of carbonyl (C=O) groups is 1. The number of carbonyl (C=O) groups excluding carboxylic acids is 1. The van der Waals surface area contributed by atoms with Gasteiger partial charge in [-0.15, -0.1) is 0 Å². The smallest absolute Gasteiger partial charge is 0.251 e. The molecule has 0 saturated heterocycles. The van der Waals surface area contributed by atoms with Gasteiger partial charge in [0.1, 0.15) is 0 Å². The summed E-state index contributed by atoms with van der Waals surface area (Å²) in [5.74, 6) is -0.00812. The Hall–Kier alpha value is -1.02. The van der Waals surface area contributed by atoms with E-state index in [9.17, 15) is 4.79 Å². The van der Waals surface area contributed by atoms with Crippen LogP contribution in [-0.4, -0.2) is 12.5 Å². The number of unbranched alkanes of at least 4 members (excludes halogenated alkanes) is 8. The van der Waals surface area contributed by atoms with E-state index in [0.29, 0.717) is 10.6 Å². The van der Waals surface area contributed by atoms with Crippen molar-refractivity contribution in [2.24, 2.45) is 0 Å². The molecule has 0 bridgehead atoms. The lowest BCUT2D eigenvalue weighted by Crippen LogP contribution is -2.24. The van der Waals surface area contributed by atoms with Crippen molar-refractivity contribution in [1.29, 1.82) is 0 Å². The fraction of sp³-hybridized carbons (Fsp3) is 0.611. The van der Waals surface area contributed by atoms with Gasteiger partial charge in [0.2, 0.25) is 0 Å². The van der Waals surface area contributed by atoms with Crippen LogP contribution in [0.2, 0.25) is 5.02 Å². The Bertz CT molecular complexity index is 389. The van der Waals surface area contributed by atoms with Crippen molar-refractivity contribution < 1.29 is 4.79 Å². The molecule has 0 aromatic heterocycles. The van der Waals surface area contributed by atoms with E-state index in [1.54, 1.807) is 24.3 Å². The van der Waals surface area contributed by atoms with Crippen LogP contribution in [-0.2, 0) is 0 Å². The highest BCUT2D eigenvalue weighted by Crippen LogP contribution is 2.10. The summed E-state index contributed by atoms with van der Waals surface area (Å²) >= 11 is 5.80. The minimum atomic E-state index is -0.00812. The van der Waals surface area contributed by atoms with E-state index >= 15 is 0 Å². The Morgan fingerprint density at radius 3 is 2.00 bits per heavy atom. The molecule has 1 aromatic carbocycles. The molecule has 118 valence electrons. The molecule has 0 aliphatic rings. The normalized spacial score (nSPS) is 10.6. The zero-order chi connectivity index (χ0) is 15.3. The highest BCUT2D eigenvalue weighted by atomic mass is 35.5. The van der Waals surface area contributed by atoms with Crippen LogP contribution < -0.4 is 5.32 Å². The number of nitrogens with one attached hydrogen (secondary N) is 1. The van der Waals surface area contributed by atoms with Gasteiger partial charge in [0, 0.05) is 17.1 Å². The highest BCUT2D eigenvalue weighted by molar-refractivity contribution is 6.30. The highest BCUT2D eigenvalue weighted by Gasteiger charge is 2.03. The van der Waals surface area contributed by atoms with Gasteiger partial charge in [-0.2, -0.15) is 0 Å². The number of hydrogen-bond acceptors (Lipinski definition) is 1. The third-order valence-corrected chi connectivity index (χ3v) is 3.92. The molecule has 0 aliphatic carbocycles. The van der Waals surface area contributed by atoms with E-state index in [1.165, 1.54) is 51.4 Å². The van der Waals surface area contributed by atoms with Gasteiger partial charge >= 0.3 is 0 Å². The molecule has 1 rings (SSSR count). The van der Waals surface area contributed by atoms with Crippen LogP contribution in [0.15, 0.2) is 24.3 Å². The summed E-state index contributed by atoms with van der Waals surface area (Å²) in [4.78, 5) is 11.8. The number of hydrogen-bond donors (Lipinski definition) is 1. The second-order valence-electron chi connectivity index (χ2n) is 5.59. The molecule has 0 radical (unpaired) electrons. The third-order valence-electron chi connectivity index (χ3n) is 3.67. The molecular weight excluding hydrogens is 282 g/mol. The van der Waals surface area contributed by atoms with Gasteiger partial charge in [-0.3, -0.25) is 4.79 Å². The molecule has 0 spiro atoms. The number of amides is 1. The third kappa shape index (κ3) is 8.77. The van der Waals surface area contributed by atoms with E-state index in [1.807, 2.05) is 0 Å². The number of rotatable bonds is 11. The van der Waals surface area contributed by atoms with Gasteiger partial charge in [0.15, 0.2) is 0 Å². The van der Waals surface area contributed by atoms with Crippen molar-refractivity contribution >= 4 is 17.5 Å². The summed E-state index contributed by atoms with van der Waals surface area (Å²) in [5, 5.41) is 3.61. The van der Waals surface area contributed by atoms with Crippen LogP contribution in [0.3, 0.4) is 0 Å². The van der Waals surface area contributed by atoms with Crippen molar-refractivity contribution in [3.8, 4) is 0 Å². The van der Waals surface area contributed by atoms with Gasteiger partial charge in [-0.25, -0.2) is 0 Å². The average molecular weight is 310 g/mol. The summed E-state index contributed by atoms with van der Waals surface area (Å²) in [6, 6.07) is 7.01. The second kappa shape index (κ2) is 11.6. The van der Waals surface area contributed by atoms with Crippen LogP contribution in [0.5, 0.6) is 0 Å². The molecule has 0 fully saturated rings. The maximum Gasteiger partial charge on any atom is 0.251 e. The van der Waals surface area contributed by atoms with Crippen molar-refractivity contribution in [3.63, 3.8) is 0 Å². The van der Waals surface area contributed by atoms with Crippen molar-refractivity contribution in [2.45, 2.75) is 64.7 Å². The largest absolute Gasteiger partial charge is 0.352 e. The van der Waals surface area contributed by atoms with E-state index in [0.717, 1.165) is 13.0 Å². The second-order valence-corrected chi connectivity index (χ2v) is 6.03.